The zero-order chi connectivity index (χ0) is 28.6. The van der Waals surface area contributed by atoms with Crippen molar-refractivity contribution in [1.82, 2.24) is 4.90 Å². The molecular formula is C32H37N3O4S. The molecule has 1 aromatic heterocycles. The number of anilines is 2. The number of hydrogen-bond donors (Lipinski definition) is 1. The lowest BCUT2D eigenvalue weighted by Gasteiger charge is -2.34. The van der Waals surface area contributed by atoms with Crippen molar-refractivity contribution >= 4 is 40.2 Å². The SMILES string of the molecule is CCOc1ccc(/C(O)=C2/C(=O)C(=O)N(c3ccc(N4CCN(C)CC4)cc3)C2c2cccs2)cc1C(C)(C)C. The zero-order valence-corrected chi connectivity index (χ0v) is 24.6. The second-order valence-corrected chi connectivity index (χ2v) is 12.4. The Balaban J connectivity index is 1.57. The number of thiophene rings is 1. The average Bonchev–Trinajstić information content (AvgIpc) is 3.55. The summed E-state index contributed by atoms with van der Waals surface area (Å²) in [5.41, 5.74) is 2.95. The summed E-state index contributed by atoms with van der Waals surface area (Å²) in [5.74, 6) is -0.774. The van der Waals surface area contributed by atoms with Gasteiger partial charge in [-0.05, 0) is 73.3 Å². The number of benzene rings is 2. The van der Waals surface area contributed by atoms with Crippen LogP contribution in [0.2, 0.25) is 0 Å². The largest absolute Gasteiger partial charge is 0.507 e. The molecule has 0 radical (unpaired) electrons. The second-order valence-electron chi connectivity index (χ2n) is 11.4. The van der Waals surface area contributed by atoms with Crippen LogP contribution in [0.5, 0.6) is 5.75 Å². The molecule has 8 heteroatoms. The minimum atomic E-state index is -0.723. The normalized spacial score (nSPS) is 19.9. The minimum absolute atomic E-state index is 0.0969. The molecule has 0 spiro atoms. The first-order valence-electron chi connectivity index (χ1n) is 13.8. The Morgan fingerprint density at radius 2 is 1.68 bits per heavy atom. The number of ketones is 1. The first-order valence-corrected chi connectivity index (χ1v) is 14.6. The molecule has 210 valence electrons. The smallest absolute Gasteiger partial charge is 0.300 e. The van der Waals surface area contributed by atoms with Gasteiger partial charge in [0.1, 0.15) is 17.6 Å². The fraction of sp³-hybridized carbons (Fsp3) is 0.375. The lowest BCUT2D eigenvalue weighted by atomic mass is 9.84. The van der Waals surface area contributed by atoms with Crippen LogP contribution in [0.3, 0.4) is 0 Å². The van der Waals surface area contributed by atoms with Crippen molar-refractivity contribution in [3.8, 4) is 5.75 Å². The number of nitrogens with zero attached hydrogens (tertiary/aromatic N) is 3. The fourth-order valence-electron chi connectivity index (χ4n) is 5.40. The summed E-state index contributed by atoms with van der Waals surface area (Å²) in [6.07, 6.45) is 0. The van der Waals surface area contributed by atoms with Crippen molar-refractivity contribution in [3.05, 3.63) is 81.6 Å². The number of likely N-dealkylation sites (N-methyl/N-ethyl adjacent to an activating group) is 1. The molecule has 3 aromatic rings. The third-order valence-electron chi connectivity index (χ3n) is 7.61. The van der Waals surface area contributed by atoms with Gasteiger partial charge in [-0.3, -0.25) is 14.5 Å². The molecule has 2 aromatic carbocycles. The van der Waals surface area contributed by atoms with Crippen molar-refractivity contribution in [2.75, 3.05) is 49.6 Å². The molecule has 1 unspecified atom stereocenters. The van der Waals surface area contributed by atoms with Gasteiger partial charge in [-0.25, -0.2) is 0 Å². The number of piperazine rings is 1. The minimum Gasteiger partial charge on any atom is -0.507 e. The molecule has 3 heterocycles. The van der Waals surface area contributed by atoms with E-state index in [9.17, 15) is 14.7 Å². The number of aliphatic hydroxyl groups is 1. The average molecular weight is 560 g/mol. The van der Waals surface area contributed by atoms with E-state index in [2.05, 4.69) is 37.6 Å². The predicted molar refractivity (Wildman–Crippen MR) is 162 cm³/mol. The van der Waals surface area contributed by atoms with E-state index in [4.69, 9.17) is 4.74 Å². The van der Waals surface area contributed by atoms with Crippen molar-refractivity contribution in [2.45, 2.75) is 39.2 Å². The highest BCUT2D eigenvalue weighted by Gasteiger charge is 2.47. The Morgan fingerprint density at radius 3 is 2.27 bits per heavy atom. The quantitative estimate of drug-likeness (QED) is 0.233. The fourth-order valence-corrected chi connectivity index (χ4v) is 6.23. The lowest BCUT2D eigenvalue weighted by molar-refractivity contribution is -0.132. The van der Waals surface area contributed by atoms with E-state index in [0.29, 0.717) is 17.9 Å². The van der Waals surface area contributed by atoms with Gasteiger partial charge >= 0.3 is 0 Å². The summed E-state index contributed by atoms with van der Waals surface area (Å²) in [6.45, 7) is 12.5. The molecule has 0 saturated carbocycles. The van der Waals surface area contributed by atoms with E-state index in [1.165, 1.54) is 16.2 Å². The molecule has 2 saturated heterocycles. The van der Waals surface area contributed by atoms with E-state index < -0.39 is 17.7 Å². The number of carbonyl (C=O) groups excluding carboxylic acids is 2. The summed E-state index contributed by atoms with van der Waals surface area (Å²) in [4.78, 5) is 34.1. The topological polar surface area (TPSA) is 73.3 Å². The van der Waals surface area contributed by atoms with Gasteiger partial charge in [0.2, 0.25) is 0 Å². The molecular weight excluding hydrogens is 522 g/mol. The zero-order valence-electron chi connectivity index (χ0n) is 23.8. The second kappa shape index (κ2) is 11.1. The Bertz CT molecular complexity index is 1420. The highest BCUT2D eigenvalue weighted by Crippen LogP contribution is 2.44. The van der Waals surface area contributed by atoms with Crippen LogP contribution in [0, 0.1) is 0 Å². The monoisotopic (exact) mass is 559 g/mol. The van der Waals surface area contributed by atoms with E-state index in [1.54, 1.807) is 6.07 Å². The highest BCUT2D eigenvalue weighted by atomic mass is 32.1. The molecule has 2 aliphatic heterocycles. The number of rotatable bonds is 6. The van der Waals surface area contributed by atoms with Crippen LogP contribution in [0.4, 0.5) is 11.4 Å². The molecule has 1 N–H and O–H groups in total. The van der Waals surface area contributed by atoms with Crippen molar-refractivity contribution in [2.24, 2.45) is 0 Å². The van der Waals surface area contributed by atoms with Crippen LogP contribution < -0.4 is 14.5 Å². The molecule has 7 nitrogen and oxygen atoms in total. The van der Waals surface area contributed by atoms with Crippen LogP contribution in [-0.4, -0.2) is 61.5 Å². The van der Waals surface area contributed by atoms with E-state index >= 15 is 0 Å². The maximum atomic E-state index is 13.6. The number of aliphatic hydroxyl groups excluding tert-OH is 1. The molecule has 1 amide bonds. The van der Waals surface area contributed by atoms with Gasteiger partial charge in [0.25, 0.3) is 11.7 Å². The van der Waals surface area contributed by atoms with Gasteiger partial charge in [0.05, 0.1) is 12.2 Å². The third kappa shape index (κ3) is 5.25. The summed E-state index contributed by atoms with van der Waals surface area (Å²) >= 11 is 1.46. The number of ether oxygens (including phenoxy) is 1. The summed E-state index contributed by atoms with van der Waals surface area (Å²) in [5, 5.41) is 13.5. The van der Waals surface area contributed by atoms with Crippen LogP contribution >= 0.6 is 11.3 Å². The van der Waals surface area contributed by atoms with Crippen LogP contribution in [0.1, 0.15) is 49.7 Å². The summed E-state index contributed by atoms with van der Waals surface area (Å²) in [6, 6.07) is 16.3. The molecule has 2 fully saturated rings. The number of Topliss-reactive ketones (excluding diaryl/α,β-unsaturated/α-hetero) is 1. The maximum absolute atomic E-state index is 13.6. The van der Waals surface area contributed by atoms with E-state index in [-0.39, 0.29) is 16.7 Å². The van der Waals surface area contributed by atoms with Gasteiger partial charge in [0, 0.05) is 53.6 Å². The van der Waals surface area contributed by atoms with Crippen LogP contribution in [0.25, 0.3) is 5.76 Å². The summed E-state index contributed by atoms with van der Waals surface area (Å²) in [7, 11) is 2.12. The number of hydrogen-bond acceptors (Lipinski definition) is 7. The molecule has 40 heavy (non-hydrogen) atoms. The maximum Gasteiger partial charge on any atom is 0.300 e. The summed E-state index contributed by atoms with van der Waals surface area (Å²) < 4.78 is 5.84. The molecule has 0 bridgehead atoms. The van der Waals surface area contributed by atoms with Crippen LogP contribution in [-0.2, 0) is 15.0 Å². The van der Waals surface area contributed by atoms with Gasteiger partial charge < -0.3 is 19.6 Å². The third-order valence-corrected chi connectivity index (χ3v) is 8.54. The Morgan fingerprint density at radius 1 is 1.00 bits per heavy atom. The Kier molecular flexibility index (Phi) is 7.75. The van der Waals surface area contributed by atoms with E-state index in [0.717, 1.165) is 48.1 Å². The van der Waals surface area contributed by atoms with Gasteiger partial charge in [-0.15, -0.1) is 11.3 Å². The lowest BCUT2D eigenvalue weighted by Crippen LogP contribution is -2.44. The number of carbonyl (C=O) groups is 2. The van der Waals surface area contributed by atoms with Crippen molar-refractivity contribution in [3.63, 3.8) is 0 Å². The first kappa shape index (κ1) is 27.9. The predicted octanol–water partition coefficient (Wildman–Crippen LogP) is 5.82. The van der Waals surface area contributed by atoms with Gasteiger partial charge in [-0.2, -0.15) is 0 Å². The Labute approximate surface area is 240 Å². The van der Waals surface area contributed by atoms with Crippen LogP contribution in [0.15, 0.2) is 65.6 Å². The molecule has 2 aliphatic rings. The van der Waals surface area contributed by atoms with Crippen molar-refractivity contribution < 1.29 is 19.4 Å². The molecule has 1 atom stereocenters. The number of amides is 1. The van der Waals surface area contributed by atoms with Crippen molar-refractivity contribution in [1.29, 1.82) is 0 Å². The van der Waals surface area contributed by atoms with Gasteiger partial charge in [-0.1, -0.05) is 26.8 Å². The first-order chi connectivity index (χ1) is 19.1. The highest BCUT2D eigenvalue weighted by molar-refractivity contribution is 7.10. The van der Waals surface area contributed by atoms with E-state index in [1.807, 2.05) is 60.8 Å². The molecule has 0 aliphatic carbocycles. The Hall–Kier alpha value is -3.62. The standard InChI is InChI=1S/C32H37N3O4S/c1-6-39-25-14-9-21(20-24(25)32(2,3)4)29(36)27-28(26-8-7-19-40-26)35(31(38)30(27)37)23-12-10-22(11-13-23)34-17-15-33(5)16-18-34/h7-14,19-20,28,36H,6,15-18H2,1-5H3/b29-27-. The van der Waals surface area contributed by atoms with Gasteiger partial charge in [0.15, 0.2) is 0 Å². The molecule has 5 rings (SSSR count).